The van der Waals surface area contributed by atoms with Crippen molar-refractivity contribution >= 4 is 28.9 Å². The summed E-state index contributed by atoms with van der Waals surface area (Å²) >= 11 is 0. The summed E-state index contributed by atoms with van der Waals surface area (Å²) in [5.41, 5.74) is 1.36. The number of hydrogen-bond donors (Lipinski definition) is 3. The van der Waals surface area contributed by atoms with E-state index in [0.29, 0.717) is 11.4 Å². The number of benzene rings is 2. The van der Waals surface area contributed by atoms with Crippen LogP contribution in [0.15, 0.2) is 48.5 Å². The highest BCUT2D eigenvalue weighted by Gasteiger charge is 2.21. The maximum absolute atomic E-state index is 13.2. The quantitative estimate of drug-likeness (QED) is 0.749. The molecule has 0 aliphatic rings. The summed E-state index contributed by atoms with van der Waals surface area (Å²) in [4.78, 5) is 24.2. The molecule has 0 fully saturated rings. The van der Waals surface area contributed by atoms with Crippen LogP contribution in [0.2, 0.25) is 0 Å². The Morgan fingerprint density at radius 2 is 1.54 bits per heavy atom. The zero-order valence-corrected chi connectivity index (χ0v) is 15.4. The lowest BCUT2D eigenvalue weighted by molar-refractivity contribution is -0.123. The van der Waals surface area contributed by atoms with Gasteiger partial charge in [0.2, 0.25) is 11.8 Å². The molecule has 0 aromatic heterocycles. The van der Waals surface area contributed by atoms with Gasteiger partial charge in [0.15, 0.2) is 0 Å². The number of amides is 2. The van der Waals surface area contributed by atoms with Crippen LogP contribution in [-0.4, -0.2) is 17.9 Å². The maximum atomic E-state index is 13.2. The first-order valence-electron chi connectivity index (χ1n) is 8.39. The van der Waals surface area contributed by atoms with Gasteiger partial charge in [-0.05, 0) is 49.4 Å². The highest BCUT2D eigenvalue weighted by molar-refractivity contribution is 5.96. The van der Waals surface area contributed by atoms with Gasteiger partial charge in [-0.2, -0.15) is 0 Å². The van der Waals surface area contributed by atoms with Crippen LogP contribution in [0.25, 0.3) is 0 Å². The molecule has 2 rings (SSSR count). The van der Waals surface area contributed by atoms with E-state index in [1.807, 2.05) is 20.8 Å². The van der Waals surface area contributed by atoms with Crippen LogP contribution in [0.3, 0.4) is 0 Å². The Morgan fingerprint density at radius 1 is 0.923 bits per heavy atom. The van der Waals surface area contributed by atoms with Crippen LogP contribution in [0, 0.1) is 11.2 Å². The average molecular weight is 357 g/mol. The molecule has 0 radical (unpaired) electrons. The molecule has 26 heavy (non-hydrogen) atoms. The number of carbonyl (C=O) groups excluding carboxylic acids is 2. The van der Waals surface area contributed by atoms with E-state index < -0.39 is 17.3 Å². The minimum atomic E-state index is -0.520. The third kappa shape index (κ3) is 5.58. The van der Waals surface area contributed by atoms with Crippen molar-refractivity contribution < 1.29 is 14.0 Å². The van der Waals surface area contributed by atoms with Gasteiger partial charge in [-0.15, -0.1) is 0 Å². The summed E-state index contributed by atoms with van der Waals surface area (Å²) in [5.74, 6) is -0.752. The number of rotatable bonds is 5. The number of nitrogens with one attached hydrogen (secondary N) is 3. The van der Waals surface area contributed by atoms with Crippen LogP contribution in [0.5, 0.6) is 0 Å². The van der Waals surface area contributed by atoms with Crippen molar-refractivity contribution in [1.82, 2.24) is 0 Å². The predicted molar refractivity (Wildman–Crippen MR) is 103 cm³/mol. The number of halogens is 1. The molecule has 5 nitrogen and oxygen atoms in total. The summed E-state index contributed by atoms with van der Waals surface area (Å²) in [7, 11) is 0. The Morgan fingerprint density at radius 3 is 2.12 bits per heavy atom. The molecule has 138 valence electrons. The predicted octanol–water partition coefficient (Wildman–Crippen LogP) is 4.25. The minimum absolute atomic E-state index is 0.0685. The Labute approximate surface area is 153 Å². The molecule has 0 saturated carbocycles. The number of carbonyl (C=O) groups is 2. The van der Waals surface area contributed by atoms with Crippen LogP contribution in [-0.2, 0) is 9.59 Å². The molecular weight excluding hydrogens is 333 g/mol. The molecule has 0 unspecified atom stereocenters. The van der Waals surface area contributed by atoms with Crippen LogP contribution >= 0.6 is 0 Å². The molecule has 3 N–H and O–H groups in total. The highest BCUT2D eigenvalue weighted by atomic mass is 19.1. The van der Waals surface area contributed by atoms with Gasteiger partial charge in [0.25, 0.3) is 0 Å². The fourth-order valence-corrected chi connectivity index (χ4v) is 2.10. The Bertz CT molecular complexity index is 782. The Balaban J connectivity index is 1.93. The molecule has 2 aromatic rings. The van der Waals surface area contributed by atoms with Crippen molar-refractivity contribution in [3.8, 4) is 0 Å². The van der Waals surface area contributed by atoms with Gasteiger partial charge in [-0.3, -0.25) is 9.59 Å². The summed E-state index contributed by atoms with van der Waals surface area (Å²) < 4.78 is 13.2. The number of hydrogen-bond acceptors (Lipinski definition) is 3. The third-order valence-electron chi connectivity index (χ3n) is 3.69. The second kappa shape index (κ2) is 7.99. The van der Waals surface area contributed by atoms with Gasteiger partial charge in [0.1, 0.15) is 11.9 Å². The molecule has 0 spiro atoms. The standard InChI is InChI=1S/C20H24FN3O2/c1-13(18(25)23-17-7-5-6-14(21)12-17)22-15-8-10-16(11-9-15)24-19(26)20(2,3)4/h5-13,22H,1-4H3,(H,23,25)(H,24,26)/t13-/m0/s1. The zero-order valence-electron chi connectivity index (χ0n) is 15.4. The molecule has 6 heteroatoms. The summed E-state index contributed by atoms with van der Waals surface area (Å²) in [5, 5.41) is 8.57. The van der Waals surface area contributed by atoms with E-state index in [4.69, 9.17) is 0 Å². The largest absolute Gasteiger partial charge is 0.374 e. The lowest BCUT2D eigenvalue weighted by atomic mass is 9.95. The Hall–Kier alpha value is -2.89. The normalized spacial score (nSPS) is 12.2. The second-order valence-electron chi connectivity index (χ2n) is 7.15. The van der Waals surface area contributed by atoms with Gasteiger partial charge in [-0.1, -0.05) is 26.8 Å². The van der Waals surface area contributed by atoms with Crippen LogP contribution in [0.4, 0.5) is 21.5 Å². The van der Waals surface area contributed by atoms with E-state index in [0.717, 1.165) is 5.69 Å². The maximum Gasteiger partial charge on any atom is 0.246 e. The molecule has 0 saturated heterocycles. The summed E-state index contributed by atoms with van der Waals surface area (Å²) in [6, 6.07) is 12.3. The lowest BCUT2D eigenvalue weighted by Gasteiger charge is -2.18. The first-order chi connectivity index (χ1) is 12.1. The van der Waals surface area contributed by atoms with Gasteiger partial charge in [0.05, 0.1) is 0 Å². The van der Waals surface area contributed by atoms with Crippen molar-refractivity contribution in [2.45, 2.75) is 33.7 Å². The van der Waals surface area contributed by atoms with E-state index in [2.05, 4.69) is 16.0 Å². The summed E-state index contributed by atoms with van der Waals surface area (Å²) in [6.45, 7) is 7.25. The van der Waals surface area contributed by atoms with Crippen LogP contribution < -0.4 is 16.0 Å². The smallest absolute Gasteiger partial charge is 0.246 e. The monoisotopic (exact) mass is 357 g/mol. The molecular formula is C20H24FN3O2. The van der Waals surface area contributed by atoms with E-state index in [9.17, 15) is 14.0 Å². The fourth-order valence-electron chi connectivity index (χ4n) is 2.10. The molecule has 0 aliphatic carbocycles. The SMILES string of the molecule is C[C@H](Nc1ccc(NC(=O)C(C)(C)C)cc1)C(=O)Nc1cccc(F)c1. The van der Waals surface area contributed by atoms with E-state index in [1.54, 1.807) is 37.3 Å². The lowest BCUT2D eigenvalue weighted by Crippen LogP contribution is -2.31. The van der Waals surface area contributed by atoms with Gasteiger partial charge >= 0.3 is 0 Å². The van der Waals surface area contributed by atoms with E-state index in [1.165, 1.54) is 18.2 Å². The third-order valence-corrected chi connectivity index (χ3v) is 3.69. The minimum Gasteiger partial charge on any atom is -0.374 e. The molecule has 0 aliphatic heterocycles. The second-order valence-corrected chi connectivity index (χ2v) is 7.15. The zero-order chi connectivity index (χ0) is 19.3. The van der Waals surface area contributed by atoms with Crippen molar-refractivity contribution in [3.63, 3.8) is 0 Å². The topological polar surface area (TPSA) is 70.2 Å². The van der Waals surface area contributed by atoms with E-state index >= 15 is 0 Å². The molecule has 2 aromatic carbocycles. The molecule has 2 amide bonds. The Kier molecular flexibility index (Phi) is 5.97. The van der Waals surface area contributed by atoms with Crippen LogP contribution in [0.1, 0.15) is 27.7 Å². The van der Waals surface area contributed by atoms with Crippen molar-refractivity contribution in [2.75, 3.05) is 16.0 Å². The van der Waals surface area contributed by atoms with Gasteiger partial charge in [-0.25, -0.2) is 4.39 Å². The molecule has 0 heterocycles. The van der Waals surface area contributed by atoms with Crippen molar-refractivity contribution in [1.29, 1.82) is 0 Å². The number of anilines is 3. The molecule has 1 atom stereocenters. The van der Waals surface area contributed by atoms with Crippen molar-refractivity contribution in [3.05, 3.63) is 54.3 Å². The van der Waals surface area contributed by atoms with Crippen molar-refractivity contribution in [2.24, 2.45) is 5.41 Å². The fraction of sp³-hybridized carbons (Fsp3) is 0.300. The highest BCUT2D eigenvalue weighted by Crippen LogP contribution is 2.19. The van der Waals surface area contributed by atoms with Gasteiger partial charge < -0.3 is 16.0 Å². The first-order valence-corrected chi connectivity index (χ1v) is 8.39. The molecule has 0 bridgehead atoms. The van der Waals surface area contributed by atoms with E-state index in [-0.39, 0.29) is 11.8 Å². The average Bonchev–Trinajstić information content (AvgIpc) is 2.55. The van der Waals surface area contributed by atoms with Gasteiger partial charge in [0, 0.05) is 22.5 Å². The first kappa shape index (κ1) is 19.4. The summed E-state index contributed by atoms with van der Waals surface area (Å²) in [6.07, 6.45) is 0.